The first-order valence-electron chi connectivity index (χ1n) is 11.0. The van der Waals surface area contributed by atoms with Gasteiger partial charge < -0.3 is 22.5 Å². The Morgan fingerprint density at radius 2 is 1.66 bits per heavy atom. The van der Waals surface area contributed by atoms with Crippen LogP contribution >= 0.6 is 23.2 Å². The third-order valence-corrected chi connectivity index (χ3v) is 5.98. The number of nitrogens with zero attached hydrogens (tertiary/aromatic N) is 2. The molecule has 4 rings (SSSR count). The third kappa shape index (κ3) is 7.84. The molecule has 35 heavy (non-hydrogen) atoms. The van der Waals surface area contributed by atoms with Gasteiger partial charge in [-0.05, 0) is 53.9 Å². The first-order chi connectivity index (χ1) is 16.5. The van der Waals surface area contributed by atoms with Gasteiger partial charge in [0.1, 0.15) is 25.0 Å². The van der Waals surface area contributed by atoms with E-state index in [0.717, 1.165) is 22.4 Å². The molecule has 0 spiro atoms. The van der Waals surface area contributed by atoms with Crippen LogP contribution in [0.4, 0.5) is 5.69 Å². The van der Waals surface area contributed by atoms with Gasteiger partial charge in [-0.2, -0.15) is 0 Å². The summed E-state index contributed by atoms with van der Waals surface area (Å²) in [6, 6.07) is 23.0. The molecule has 0 radical (unpaired) electrons. The van der Waals surface area contributed by atoms with Crippen LogP contribution in [0.5, 0.6) is 0 Å². The first-order valence-corrected chi connectivity index (χ1v) is 11.7. The fourth-order valence-electron chi connectivity index (χ4n) is 3.61. The average molecular weight is 531 g/mol. The summed E-state index contributed by atoms with van der Waals surface area (Å²) in [5, 5.41) is 4.34. The summed E-state index contributed by atoms with van der Waals surface area (Å²) in [4.78, 5) is 12.5. The number of ether oxygens (including phenoxy) is 1. The Hall–Kier alpha value is -2.83. The zero-order valence-electron chi connectivity index (χ0n) is 19.2. The highest BCUT2D eigenvalue weighted by Crippen LogP contribution is 2.22. The van der Waals surface area contributed by atoms with E-state index in [4.69, 9.17) is 27.9 Å². The summed E-state index contributed by atoms with van der Waals surface area (Å²) in [5.74, 6) is -0.0784. The van der Waals surface area contributed by atoms with Gasteiger partial charge in [-0.25, -0.2) is 9.13 Å². The molecule has 0 saturated heterocycles. The summed E-state index contributed by atoms with van der Waals surface area (Å²) in [7, 11) is 0. The molecule has 0 aliphatic heterocycles. The molecule has 0 aliphatic rings. The van der Waals surface area contributed by atoms with Crippen molar-refractivity contribution in [2.24, 2.45) is 0 Å². The molecule has 1 amide bonds. The van der Waals surface area contributed by atoms with Gasteiger partial charge in [-0.1, -0.05) is 65.7 Å². The topological polar surface area (TPSA) is 47.1 Å². The van der Waals surface area contributed by atoms with Crippen LogP contribution < -0.4 is 22.3 Å². The molecule has 3 aromatic carbocycles. The summed E-state index contributed by atoms with van der Waals surface area (Å²) < 4.78 is 10.2. The summed E-state index contributed by atoms with van der Waals surface area (Å²) in [6.45, 7) is 3.23. The number of nitrogens with one attached hydrogen (secondary N) is 1. The molecule has 0 bridgehead atoms. The van der Waals surface area contributed by atoms with Gasteiger partial charge in [-0.3, -0.25) is 4.79 Å². The Morgan fingerprint density at radius 3 is 2.34 bits per heavy atom. The van der Waals surface area contributed by atoms with Crippen molar-refractivity contribution in [1.29, 1.82) is 0 Å². The van der Waals surface area contributed by atoms with Crippen LogP contribution in [0, 0.1) is 6.92 Å². The van der Waals surface area contributed by atoms with E-state index in [9.17, 15) is 4.79 Å². The van der Waals surface area contributed by atoms with Crippen LogP contribution in [0.2, 0.25) is 10.0 Å². The van der Waals surface area contributed by atoms with Crippen LogP contribution in [0.25, 0.3) is 0 Å². The van der Waals surface area contributed by atoms with Gasteiger partial charge in [0, 0.05) is 15.7 Å². The monoisotopic (exact) mass is 529 g/mol. The van der Waals surface area contributed by atoms with Gasteiger partial charge in [-0.15, -0.1) is 0 Å². The lowest BCUT2D eigenvalue weighted by molar-refractivity contribution is -0.704. The van der Waals surface area contributed by atoms with Crippen molar-refractivity contribution in [1.82, 2.24) is 4.57 Å². The van der Waals surface area contributed by atoms with Gasteiger partial charge in [0.25, 0.3) is 5.91 Å². The second-order valence-corrected chi connectivity index (χ2v) is 9.00. The van der Waals surface area contributed by atoms with Crippen LogP contribution in [-0.4, -0.2) is 10.5 Å². The first kappa shape index (κ1) is 26.8. The maximum absolute atomic E-state index is 12.5. The van der Waals surface area contributed by atoms with Crippen molar-refractivity contribution in [2.75, 3.05) is 5.32 Å². The van der Waals surface area contributed by atoms with E-state index in [2.05, 4.69) is 5.32 Å². The van der Waals surface area contributed by atoms with Gasteiger partial charge in [0.15, 0.2) is 6.54 Å². The molecule has 182 valence electrons. The lowest BCUT2D eigenvalue weighted by Crippen LogP contribution is -3.00. The number of halogens is 3. The molecule has 0 fully saturated rings. The van der Waals surface area contributed by atoms with Crippen LogP contribution in [0.3, 0.4) is 0 Å². The Morgan fingerprint density at radius 1 is 1.00 bits per heavy atom. The number of carbonyl (C=O) groups excluding carboxylic acids is 1. The Labute approximate surface area is 221 Å². The molecule has 1 heterocycles. The Kier molecular flexibility index (Phi) is 9.75. The molecule has 1 aromatic heterocycles. The normalized spacial score (nSPS) is 11.5. The zero-order valence-corrected chi connectivity index (χ0v) is 21.5. The third-order valence-electron chi connectivity index (χ3n) is 5.47. The number of para-hydroxylation sites is 1. The van der Waals surface area contributed by atoms with Crippen molar-refractivity contribution in [2.45, 2.75) is 32.7 Å². The fraction of sp³-hybridized carbons (Fsp3) is 0.185. The van der Waals surface area contributed by atoms with Crippen molar-refractivity contribution in [3.05, 3.63) is 118 Å². The second-order valence-electron chi connectivity index (χ2n) is 8.12. The van der Waals surface area contributed by atoms with Crippen LogP contribution in [0.1, 0.15) is 22.8 Å². The number of anilines is 1. The van der Waals surface area contributed by atoms with E-state index >= 15 is 0 Å². The summed E-state index contributed by atoms with van der Waals surface area (Å²) in [5.41, 5.74) is 3.92. The maximum Gasteiger partial charge on any atom is 0.266 e. The molecule has 0 aliphatic carbocycles. The number of amides is 1. The highest BCUT2D eigenvalue weighted by molar-refractivity contribution is 6.30. The number of carbonyl (C=O) groups is 1. The van der Waals surface area contributed by atoms with Crippen LogP contribution in [-0.2, 0) is 29.2 Å². The minimum Gasteiger partial charge on any atom is -1.00 e. The van der Waals surface area contributed by atoms with E-state index in [1.165, 1.54) is 0 Å². The number of aryl methyl sites for hydroxylation is 1. The predicted molar refractivity (Wildman–Crippen MR) is 135 cm³/mol. The number of imidazole rings is 1. The fourth-order valence-corrected chi connectivity index (χ4v) is 3.86. The van der Waals surface area contributed by atoms with Crippen molar-refractivity contribution in [3.63, 3.8) is 0 Å². The van der Waals surface area contributed by atoms with Crippen molar-refractivity contribution in [3.8, 4) is 0 Å². The van der Waals surface area contributed by atoms with Gasteiger partial charge in [0.2, 0.25) is 6.33 Å². The molecular formula is C27H26Cl3N3O2. The van der Waals surface area contributed by atoms with E-state index in [-0.39, 0.29) is 31.0 Å². The largest absolute Gasteiger partial charge is 1.00 e. The molecule has 5 nitrogen and oxygen atoms in total. The quantitative estimate of drug-likeness (QED) is 0.338. The highest BCUT2D eigenvalue weighted by atomic mass is 35.5. The Balaban J connectivity index is 0.00000342. The van der Waals surface area contributed by atoms with Crippen molar-refractivity contribution >= 4 is 34.8 Å². The Bertz CT molecular complexity index is 1240. The zero-order chi connectivity index (χ0) is 23.9. The van der Waals surface area contributed by atoms with Gasteiger partial charge in [0.05, 0.1) is 6.61 Å². The minimum absolute atomic E-state index is 0. The number of benzene rings is 3. The molecule has 1 atom stereocenters. The lowest BCUT2D eigenvalue weighted by Gasteiger charge is -2.17. The van der Waals surface area contributed by atoms with E-state index in [1.54, 1.807) is 0 Å². The van der Waals surface area contributed by atoms with Crippen molar-refractivity contribution < 1.29 is 26.5 Å². The summed E-state index contributed by atoms with van der Waals surface area (Å²) >= 11 is 12.1. The predicted octanol–water partition coefficient (Wildman–Crippen LogP) is 2.99. The SMILES string of the molecule is Cc1ccccc1NC(=O)Cn1cc[n+](CC(OCc2ccc(Cl)cc2)c2ccc(Cl)cc2)c1.[Cl-]. The standard InChI is InChI=1S/C27H25Cl2N3O2.ClH/c1-20-4-2-3-5-25(20)30-27(33)17-32-15-14-31(19-32)16-26(22-8-12-24(29)13-9-22)34-18-21-6-10-23(28)11-7-21;/h2-15,19,26H,16-18H2,1H3;1H. The molecule has 0 saturated carbocycles. The van der Waals surface area contributed by atoms with E-state index in [1.807, 2.05) is 108 Å². The minimum atomic E-state index is -0.199. The number of aromatic nitrogens is 2. The molecule has 4 aromatic rings. The number of rotatable bonds is 9. The van der Waals surface area contributed by atoms with Crippen LogP contribution in [0.15, 0.2) is 91.5 Å². The second kappa shape index (κ2) is 12.8. The molecule has 1 unspecified atom stereocenters. The summed E-state index contributed by atoms with van der Waals surface area (Å²) in [6.07, 6.45) is 5.53. The lowest BCUT2D eigenvalue weighted by atomic mass is 10.1. The molecular weight excluding hydrogens is 505 g/mol. The molecule has 8 heteroatoms. The van der Waals surface area contributed by atoms with Gasteiger partial charge >= 0.3 is 0 Å². The maximum atomic E-state index is 12.5. The number of hydrogen-bond donors (Lipinski definition) is 1. The molecule has 1 N–H and O–H groups in total. The smallest absolute Gasteiger partial charge is 0.266 e. The average Bonchev–Trinajstić information content (AvgIpc) is 3.26. The number of hydrogen-bond acceptors (Lipinski definition) is 2. The van der Waals surface area contributed by atoms with E-state index in [0.29, 0.717) is 23.2 Å². The highest BCUT2D eigenvalue weighted by Gasteiger charge is 2.18. The van der Waals surface area contributed by atoms with E-state index < -0.39 is 0 Å².